The highest BCUT2D eigenvalue weighted by atomic mass is 32.1. The van der Waals surface area contributed by atoms with Gasteiger partial charge in [0.1, 0.15) is 10.6 Å². The molecule has 30 heavy (non-hydrogen) atoms. The summed E-state index contributed by atoms with van der Waals surface area (Å²) in [6.45, 7) is 3.55. The first kappa shape index (κ1) is 20.6. The molecule has 2 aliphatic carbocycles. The lowest BCUT2D eigenvalue weighted by atomic mass is 9.79. The number of ether oxygens (including phenoxy) is 1. The maximum Gasteiger partial charge on any atom is 0.342 e. The van der Waals surface area contributed by atoms with Crippen LogP contribution in [0, 0.1) is 23.7 Å². The highest BCUT2D eigenvalue weighted by Crippen LogP contribution is 2.53. The number of anilines is 1. The summed E-state index contributed by atoms with van der Waals surface area (Å²) in [5.74, 6) is -2.76. The standard InChI is InChI=1S/C23H25NO5S/c1-12(2)29-23(28)19-16(13-6-4-3-5-7-13)11-30-21(19)24-20(25)17-14-8-9-15(10-14)18(17)22(26)27/h3-7,11-12,14-15,17-18H,8-10H2,1-2H3,(H,24,25)(H,26,27)/t14-,15+,17+,18+/m1/s1. The van der Waals surface area contributed by atoms with E-state index < -0.39 is 23.8 Å². The van der Waals surface area contributed by atoms with Crippen molar-refractivity contribution in [3.8, 4) is 11.1 Å². The number of carbonyl (C=O) groups is 3. The maximum atomic E-state index is 13.1. The summed E-state index contributed by atoms with van der Waals surface area (Å²) in [6, 6.07) is 9.46. The Morgan fingerprint density at radius 1 is 1.10 bits per heavy atom. The Hall–Kier alpha value is -2.67. The van der Waals surface area contributed by atoms with Gasteiger partial charge in [-0.05, 0) is 50.5 Å². The molecule has 1 aromatic heterocycles. The van der Waals surface area contributed by atoms with Gasteiger partial charge < -0.3 is 15.2 Å². The van der Waals surface area contributed by atoms with E-state index in [4.69, 9.17) is 4.74 Å². The first-order chi connectivity index (χ1) is 14.4. The number of hydrogen-bond donors (Lipinski definition) is 2. The van der Waals surface area contributed by atoms with Crippen molar-refractivity contribution in [1.82, 2.24) is 0 Å². The van der Waals surface area contributed by atoms with Gasteiger partial charge in [0.05, 0.1) is 17.9 Å². The van der Waals surface area contributed by atoms with Crippen LogP contribution in [0.1, 0.15) is 43.5 Å². The SMILES string of the molecule is CC(C)OC(=O)c1c(-c2ccccc2)csc1NC(=O)[C@H]1[C@@H]2CC[C@@H](C2)[C@@H]1C(=O)O. The Morgan fingerprint density at radius 2 is 1.77 bits per heavy atom. The van der Waals surface area contributed by atoms with Gasteiger partial charge >= 0.3 is 11.9 Å². The monoisotopic (exact) mass is 427 g/mol. The van der Waals surface area contributed by atoms with Crippen molar-refractivity contribution in [3.63, 3.8) is 0 Å². The second kappa shape index (κ2) is 8.22. The number of esters is 1. The number of carboxylic acids is 1. The van der Waals surface area contributed by atoms with Crippen LogP contribution < -0.4 is 5.32 Å². The summed E-state index contributed by atoms with van der Waals surface area (Å²) in [7, 11) is 0. The summed E-state index contributed by atoms with van der Waals surface area (Å²) in [6.07, 6.45) is 2.24. The number of nitrogens with one attached hydrogen (secondary N) is 1. The van der Waals surface area contributed by atoms with Crippen LogP contribution in [0.5, 0.6) is 0 Å². The lowest BCUT2D eigenvalue weighted by Gasteiger charge is -2.27. The molecule has 2 N–H and O–H groups in total. The van der Waals surface area contributed by atoms with Gasteiger partial charge in [0.15, 0.2) is 0 Å². The van der Waals surface area contributed by atoms with Gasteiger partial charge in [0, 0.05) is 10.9 Å². The molecule has 2 fully saturated rings. The number of carboxylic acid groups (broad SMARTS) is 1. The van der Waals surface area contributed by atoms with Gasteiger partial charge in [-0.2, -0.15) is 0 Å². The predicted octanol–water partition coefficient (Wildman–Crippen LogP) is 4.67. The van der Waals surface area contributed by atoms with Gasteiger partial charge in [0.2, 0.25) is 5.91 Å². The predicted molar refractivity (Wildman–Crippen MR) is 114 cm³/mol. The molecule has 0 spiro atoms. The van der Waals surface area contributed by atoms with Gasteiger partial charge in [0.25, 0.3) is 0 Å². The van der Waals surface area contributed by atoms with E-state index in [1.54, 1.807) is 13.8 Å². The number of fused-ring (bicyclic) bond motifs is 2. The van der Waals surface area contributed by atoms with Crippen molar-refractivity contribution in [2.75, 3.05) is 5.32 Å². The van der Waals surface area contributed by atoms with Gasteiger partial charge in [-0.3, -0.25) is 9.59 Å². The van der Waals surface area contributed by atoms with Crippen molar-refractivity contribution in [2.24, 2.45) is 23.7 Å². The fourth-order valence-corrected chi connectivity index (χ4v) is 5.94. The number of thiophene rings is 1. The molecule has 2 aromatic rings. The minimum absolute atomic E-state index is 0.0665. The molecule has 4 rings (SSSR count). The largest absolute Gasteiger partial charge is 0.481 e. The van der Waals surface area contributed by atoms with E-state index in [1.807, 2.05) is 35.7 Å². The topological polar surface area (TPSA) is 92.7 Å². The number of benzene rings is 1. The van der Waals surface area contributed by atoms with Crippen molar-refractivity contribution in [2.45, 2.75) is 39.2 Å². The third kappa shape index (κ3) is 3.74. The highest BCUT2D eigenvalue weighted by Gasteiger charge is 2.54. The molecule has 158 valence electrons. The van der Waals surface area contributed by atoms with E-state index in [9.17, 15) is 19.5 Å². The quantitative estimate of drug-likeness (QED) is 0.654. The van der Waals surface area contributed by atoms with Crippen molar-refractivity contribution in [3.05, 3.63) is 41.3 Å². The number of hydrogen-bond acceptors (Lipinski definition) is 5. The zero-order valence-electron chi connectivity index (χ0n) is 17.0. The molecule has 0 radical (unpaired) electrons. The van der Waals surface area contributed by atoms with E-state index in [0.29, 0.717) is 16.1 Å². The smallest absolute Gasteiger partial charge is 0.342 e. The first-order valence-electron chi connectivity index (χ1n) is 10.3. The summed E-state index contributed by atoms with van der Waals surface area (Å²) >= 11 is 1.26. The molecular weight excluding hydrogens is 402 g/mol. The zero-order valence-corrected chi connectivity index (χ0v) is 17.8. The molecule has 0 aliphatic heterocycles. The fourth-order valence-electron chi connectivity index (χ4n) is 4.97. The van der Waals surface area contributed by atoms with Gasteiger partial charge in [-0.1, -0.05) is 30.3 Å². The summed E-state index contributed by atoms with van der Waals surface area (Å²) < 4.78 is 5.44. The van der Waals surface area contributed by atoms with E-state index in [0.717, 1.165) is 24.8 Å². The number of amides is 1. The molecule has 1 aromatic carbocycles. The average Bonchev–Trinajstić information content (AvgIpc) is 3.42. The lowest BCUT2D eigenvalue weighted by molar-refractivity contribution is -0.148. The Labute approximate surface area is 179 Å². The molecule has 1 heterocycles. The summed E-state index contributed by atoms with van der Waals surface area (Å²) in [5.41, 5.74) is 1.88. The normalized spacial score (nSPS) is 24.8. The number of aliphatic carboxylic acids is 1. The Balaban J connectivity index is 1.65. The maximum absolute atomic E-state index is 13.1. The fraction of sp³-hybridized carbons (Fsp3) is 0.435. The lowest BCUT2D eigenvalue weighted by Crippen LogP contribution is -2.38. The van der Waals surface area contributed by atoms with Crippen LogP contribution in [0.4, 0.5) is 5.00 Å². The third-order valence-electron chi connectivity index (χ3n) is 6.16. The van der Waals surface area contributed by atoms with Crippen LogP contribution in [0.15, 0.2) is 35.7 Å². The molecule has 7 heteroatoms. The molecule has 2 aliphatic rings. The van der Waals surface area contributed by atoms with E-state index >= 15 is 0 Å². The molecule has 0 saturated heterocycles. The van der Waals surface area contributed by atoms with Crippen LogP contribution in [0.25, 0.3) is 11.1 Å². The molecule has 2 saturated carbocycles. The molecule has 0 unspecified atom stereocenters. The molecule has 1 amide bonds. The Kier molecular flexibility index (Phi) is 5.64. The van der Waals surface area contributed by atoms with Crippen molar-refractivity contribution >= 4 is 34.2 Å². The number of carbonyl (C=O) groups excluding carboxylic acids is 2. The van der Waals surface area contributed by atoms with Crippen LogP contribution in [0.3, 0.4) is 0 Å². The van der Waals surface area contributed by atoms with E-state index in [-0.39, 0.29) is 23.8 Å². The van der Waals surface area contributed by atoms with Gasteiger partial charge in [-0.25, -0.2) is 4.79 Å². The number of rotatable bonds is 6. The summed E-state index contributed by atoms with van der Waals surface area (Å²) in [4.78, 5) is 37.8. The molecular formula is C23H25NO5S. The van der Waals surface area contributed by atoms with Crippen molar-refractivity contribution < 1.29 is 24.2 Å². The average molecular weight is 428 g/mol. The second-order valence-corrected chi connectivity index (χ2v) is 9.27. The molecule has 2 bridgehead atoms. The Bertz CT molecular complexity index is 967. The third-order valence-corrected chi connectivity index (χ3v) is 7.06. The zero-order chi connectivity index (χ0) is 21.4. The van der Waals surface area contributed by atoms with E-state index in [2.05, 4.69) is 5.32 Å². The summed E-state index contributed by atoms with van der Waals surface area (Å²) in [5, 5.41) is 14.8. The van der Waals surface area contributed by atoms with Crippen molar-refractivity contribution in [1.29, 1.82) is 0 Å². The van der Waals surface area contributed by atoms with Crippen LogP contribution in [-0.4, -0.2) is 29.1 Å². The van der Waals surface area contributed by atoms with E-state index in [1.165, 1.54) is 11.3 Å². The molecule has 6 nitrogen and oxygen atoms in total. The van der Waals surface area contributed by atoms with Gasteiger partial charge in [-0.15, -0.1) is 11.3 Å². The highest BCUT2D eigenvalue weighted by molar-refractivity contribution is 7.15. The Morgan fingerprint density at radius 3 is 2.40 bits per heavy atom. The van der Waals surface area contributed by atoms with Crippen LogP contribution in [-0.2, 0) is 14.3 Å². The minimum atomic E-state index is -0.905. The van der Waals surface area contributed by atoms with Crippen LogP contribution in [0.2, 0.25) is 0 Å². The van der Waals surface area contributed by atoms with Crippen LogP contribution >= 0.6 is 11.3 Å². The second-order valence-electron chi connectivity index (χ2n) is 8.39. The minimum Gasteiger partial charge on any atom is -0.481 e. The first-order valence-corrected chi connectivity index (χ1v) is 11.2. The molecule has 4 atom stereocenters.